The van der Waals surface area contributed by atoms with E-state index in [0.29, 0.717) is 6.61 Å². The van der Waals surface area contributed by atoms with Gasteiger partial charge in [-0.15, -0.1) is 0 Å². The van der Waals surface area contributed by atoms with E-state index in [2.05, 4.69) is 12.6 Å². The molecule has 0 aromatic heterocycles. The van der Waals surface area contributed by atoms with E-state index in [0.717, 1.165) is 12.8 Å². The Hall–Kier alpha value is 0.150. The second kappa shape index (κ2) is 6.78. The molecule has 0 aliphatic carbocycles. The number of ether oxygens (including phenoxy) is 2. The zero-order chi connectivity index (χ0) is 12.1. The third-order valence-corrected chi connectivity index (χ3v) is 2.99. The Balaban J connectivity index is 2.50. The minimum Gasteiger partial charge on any atom is -0.388 e. The maximum absolute atomic E-state index is 9.64. The van der Waals surface area contributed by atoms with Crippen LogP contribution in [0.2, 0.25) is 0 Å². The van der Waals surface area contributed by atoms with Crippen molar-refractivity contribution < 1.29 is 24.8 Å². The molecule has 0 bridgehead atoms. The highest BCUT2D eigenvalue weighted by atomic mass is 32.1. The molecule has 1 aliphatic rings. The zero-order valence-electron chi connectivity index (χ0n) is 9.32. The van der Waals surface area contributed by atoms with Crippen LogP contribution in [0.15, 0.2) is 0 Å². The van der Waals surface area contributed by atoms with E-state index in [9.17, 15) is 15.3 Å². The maximum atomic E-state index is 9.64. The molecule has 1 saturated heterocycles. The summed E-state index contributed by atoms with van der Waals surface area (Å²) in [6, 6.07) is 0. The van der Waals surface area contributed by atoms with E-state index < -0.39 is 30.7 Å². The van der Waals surface area contributed by atoms with Crippen molar-refractivity contribution >= 4 is 12.6 Å². The Bertz CT molecular complexity index is 202. The van der Waals surface area contributed by atoms with Gasteiger partial charge in [-0.2, -0.15) is 12.6 Å². The lowest BCUT2D eigenvalue weighted by atomic mass is 10.00. The Labute approximate surface area is 101 Å². The summed E-state index contributed by atoms with van der Waals surface area (Å²) >= 11 is 4.01. The minimum absolute atomic E-state index is 0.262. The summed E-state index contributed by atoms with van der Waals surface area (Å²) in [4.78, 5) is 0. The lowest BCUT2D eigenvalue weighted by Crippen LogP contribution is -2.58. The van der Waals surface area contributed by atoms with Gasteiger partial charge in [0.05, 0.1) is 6.10 Å². The molecule has 1 heterocycles. The van der Waals surface area contributed by atoms with Gasteiger partial charge >= 0.3 is 0 Å². The monoisotopic (exact) mass is 252 g/mol. The molecule has 0 radical (unpaired) electrons. The van der Waals surface area contributed by atoms with E-state index in [-0.39, 0.29) is 5.75 Å². The Morgan fingerprint density at radius 3 is 2.44 bits per heavy atom. The summed E-state index contributed by atoms with van der Waals surface area (Å²) in [5.41, 5.74) is 0. The fourth-order valence-corrected chi connectivity index (χ4v) is 1.85. The van der Waals surface area contributed by atoms with Gasteiger partial charge < -0.3 is 24.8 Å². The van der Waals surface area contributed by atoms with Gasteiger partial charge in [0.2, 0.25) is 0 Å². The first-order valence-corrected chi connectivity index (χ1v) is 6.17. The van der Waals surface area contributed by atoms with E-state index in [1.807, 2.05) is 6.92 Å². The second-order valence-electron chi connectivity index (χ2n) is 3.92. The molecule has 0 spiro atoms. The maximum Gasteiger partial charge on any atom is 0.186 e. The van der Waals surface area contributed by atoms with Crippen molar-refractivity contribution in [1.82, 2.24) is 0 Å². The van der Waals surface area contributed by atoms with E-state index in [1.165, 1.54) is 0 Å². The SMILES string of the molecule is CCCCO[C@@H]1OC(CS)[C@@H](O)[C@H](O)C1O. The third-order valence-electron chi connectivity index (χ3n) is 2.63. The van der Waals surface area contributed by atoms with Crippen molar-refractivity contribution in [3.63, 3.8) is 0 Å². The molecular formula is C10H20O5S. The van der Waals surface area contributed by atoms with Gasteiger partial charge in [0.1, 0.15) is 18.3 Å². The Kier molecular flexibility index (Phi) is 6.02. The lowest BCUT2D eigenvalue weighted by Gasteiger charge is -2.39. The van der Waals surface area contributed by atoms with Crippen LogP contribution in [0.4, 0.5) is 0 Å². The number of aliphatic hydroxyl groups is 3. The zero-order valence-corrected chi connectivity index (χ0v) is 10.2. The third kappa shape index (κ3) is 3.32. The first-order valence-electron chi connectivity index (χ1n) is 5.54. The van der Waals surface area contributed by atoms with Crippen molar-refractivity contribution in [1.29, 1.82) is 0 Å². The molecule has 0 saturated carbocycles. The van der Waals surface area contributed by atoms with E-state index in [4.69, 9.17) is 9.47 Å². The van der Waals surface area contributed by atoms with Gasteiger partial charge in [-0.1, -0.05) is 13.3 Å². The molecule has 0 amide bonds. The van der Waals surface area contributed by atoms with Crippen LogP contribution in [0, 0.1) is 0 Å². The second-order valence-corrected chi connectivity index (χ2v) is 4.29. The molecule has 0 aromatic carbocycles. The quantitative estimate of drug-likeness (QED) is 0.393. The standard InChI is InChI=1S/C10H20O5S/c1-2-3-4-14-10-9(13)8(12)7(11)6(5-16)15-10/h6-13,16H,2-5H2,1H3/t6?,7-,8+,9?,10-/m1/s1. The predicted molar refractivity (Wildman–Crippen MR) is 61.4 cm³/mol. The summed E-state index contributed by atoms with van der Waals surface area (Å²) in [6.45, 7) is 2.48. The van der Waals surface area contributed by atoms with E-state index in [1.54, 1.807) is 0 Å². The summed E-state index contributed by atoms with van der Waals surface area (Å²) in [6.07, 6.45) is -3.27. The highest BCUT2D eigenvalue weighted by Gasteiger charge is 2.43. The Morgan fingerprint density at radius 2 is 1.88 bits per heavy atom. The van der Waals surface area contributed by atoms with Crippen LogP contribution in [0.3, 0.4) is 0 Å². The van der Waals surface area contributed by atoms with Crippen LogP contribution < -0.4 is 0 Å². The van der Waals surface area contributed by atoms with Crippen molar-refractivity contribution in [3.05, 3.63) is 0 Å². The van der Waals surface area contributed by atoms with Crippen molar-refractivity contribution in [3.8, 4) is 0 Å². The van der Waals surface area contributed by atoms with Crippen LogP contribution in [0.25, 0.3) is 0 Å². The fraction of sp³-hybridized carbons (Fsp3) is 1.00. The van der Waals surface area contributed by atoms with Gasteiger partial charge in [-0.3, -0.25) is 0 Å². The van der Waals surface area contributed by atoms with E-state index >= 15 is 0 Å². The highest BCUT2D eigenvalue weighted by molar-refractivity contribution is 7.80. The van der Waals surface area contributed by atoms with Gasteiger partial charge in [-0.05, 0) is 6.42 Å². The topological polar surface area (TPSA) is 79.2 Å². The number of hydrogen-bond donors (Lipinski definition) is 4. The summed E-state index contributed by atoms with van der Waals surface area (Å²) in [5, 5.41) is 28.8. The first kappa shape index (κ1) is 14.2. The van der Waals surface area contributed by atoms with Gasteiger partial charge in [0, 0.05) is 12.4 Å². The summed E-state index contributed by atoms with van der Waals surface area (Å²) in [7, 11) is 0. The average Bonchev–Trinajstić information content (AvgIpc) is 2.29. The molecule has 96 valence electrons. The normalized spacial score (nSPS) is 39.9. The predicted octanol–water partition coefficient (Wildman–Crippen LogP) is -0.460. The number of rotatable bonds is 5. The molecule has 3 N–H and O–H groups in total. The molecule has 16 heavy (non-hydrogen) atoms. The van der Waals surface area contributed by atoms with Crippen LogP contribution >= 0.6 is 12.6 Å². The molecule has 2 unspecified atom stereocenters. The number of aliphatic hydroxyl groups excluding tert-OH is 3. The van der Waals surface area contributed by atoms with Crippen molar-refractivity contribution in [2.24, 2.45) is 0 Å². The molecule has 0 aromatic rings. The van der Waals surface area contributed by atoms with Gasteiger partial charge in [-0.25, -0.2) is 0 Å². The highest BCUT2D eigenvalue weighted by Crippen LogP contribution is 2.22. The number of unbranched alkanes of at least 4 members (excludes halogenated alkanes) is 1. The summed E-state index contributed by atoms with van der Waals surface area (Å²) in [5.74, 6) is 0.262. The minimum atomic E-state index is -1.25. The molecular weight excluding hydrogens is 232 g/mol. The fourth-order valence-electron chi connectivity index (χ4n) is 1.55. The van der Waals surface area contributed by atoms with Crippen LogP contribution in [0.5, 0.6) is 0 Å². The number of hydrogen-bond acceptors (Lipinski definition) is 6. The molecule has 5 atom stereocenters. The smallest absolute Gasteiger partial charge is 0.186 e. The molecule has 1 rings (SSSR count). The first-order chi connectivity index (χ1) is 7.61. The largest absolute Gasteiger partial charge is 0.388 e. The van der Waals surface area contributed by atoms with Crippen molar-refractivity contribution in [2.45, 2.75) is 50.5 Å². The Morgan fingerprint density at radius 1 is 1.19 bits per heavy atom. The van der Waals surface area contributed by atoms with Crippen molar-refractivity contribution in [2.75, 3.05) is 12.4 Å². The van der Waals surface area contributed by atoms with Crippen LogP contribution in [0.1, 0.15) is 19.8 Å². The van der Waals surface area contributed by atoms with Gasteiger partial charge in [0.25, 0.3) is 0 Å². The lowest BCUT2D eigenvalue weighted by molar-refractivity contribution is -0.292. The van der Waals surface area contributed by atoms with Crippen LogP contribution in [-0.2, 0) is 9.47 Å². The summed E-state index contributed by atoms with van der Waals surface area (Å²) < 4.78 is 10.6. The van der Waals surface area contributed by atoms with Gasteiger partial charge in [0.15, 0.2) is 6.29 Å². The molecule has 6 heteroatoms. The number of thiol groups is 1. The molecule has 1 fully saturated rings. The molecule has 1 aliphatic heterocycles. The average molecular weight is 252 g/mol. The molecule has 5 nitrogen and oxygen atoms in total. The van der Waals surface area contributed by atoms with Crippen LogP contribution in [-0.4, -0.2) is 58.4 Å².